The molecule has 8 heteroatoms. The predicted molar refractivity (Wildman–Crippen MR) is 77.5 cm³/mol. The van der Waals surface area contributed by atoms with Crippen LogP contribution in [0.15, 0.2) is 12.2 Å². The zero-order chi connectivity index (χ0) is 16.1. The number of hydrogen-bond donors (Lipinski definition) is 0. The summed E-state index contributed by atoms with van der Waals surface area (Å²) < 4.78 is 37.0. The van der Waals surface area contributed by atoms with Crippen LogP contribution in [0.1, 0.15) is 20.8 Å². The first kappa shape index (κ1) is 17.9. The molecular weight excluding hydrogens is 298 g/mol. The van der Waals surface area contributed by atoms with Crippen molar-refractivity contribution in [3.8, 4) is 0 Å². The average molecular weight is 321 g/mol. The smallest absolute Gasteiger partial charge is 0.410 e. The second kappa shape index (κ2) is 7.24. The third-order valence-electron chi connectivity index (χ3n) is 2.47. The lowest BCUT2D eigenvalue weighted by molar-refractivity contribution is -0.0264. The molecule has 7 nitrogen and oxygen atoms in total. The van der Waals surface area contributed by atoms with Gasteiger partial charge in [-0.1, -0.05) is 12.2 Å². The van der Waals surface area contributed by atoms with Crippen molar-refractivity contribution in [2.75, 3.05) is 32.6 Å². The quantitative estimate of drug-likeness (QED) is 0.571. The third kappa shape index (κ3) is 8.03. The van der Waals surface area contributed by atoms with Crippen molar-refractivity contribution in [2.45, 2.75) is 32.5 Å². The molecule has 0 radical (unpaired) electrons. The number of amides is 1. The molecular formula is C13H23NO6S. The van der Waals surface area contributed by atoms with E-state index in [1.807, 2.05) is 20.8 Å². The molecule has 0 unspecified atom stereocenters. The fraction of sp³-hybridized carbons (Fsp3) is 0.769. The molecule has 122 valence electrons. The van der Waals surface area contributed by atoms with Gasteiger partial charge in [0.2, 0.25) is 0 Å². The zero-order valence-corrected chi connectivity index (χ0v) is 13.7. The van der Waals surface area contributed by atoms with E-state index in [9.17, 15) is 13.2 Å². The van der Waals surface area contributed by atoms with Crippen LogP contribution in [0.5, 0.6) is 0 Å². The zero-order valence-electron chi connectivity index (χ0n) is 12.9. The van der Waals surface area contributed by atoms with Crippen LogP contribution in [0.25, 0.3) is 0 Å². The van der Waals surface area contributed by atoms with E-state index >= 15 is 0 Å². The van der Waals surface area contributed by atoms with Gasteiger partial charge in [0.25, 0.3) is 10.1 Å². The van der Waals surface area contributed by atoms with E-state index in [1.165, 1.54) is 0 Å². The van der Waals surface area contributed by atoms with Gasteiger partial charge in [-0.25, -0.2) is 4.79 Å². The monoisotopic (exact) mass is 321 g/mol. The van der Waals surface area contributed by atoms with Crippen LogP contribution in [-0.4, -0.2) is 63.7 Å². The lowest BCUT2D eigenvalue weighted by Gasteiger charge is -2.33. The minimum absolute atomic E-state index is 0.0505. The van der Waals surface area contributed by atoms with E-state index < -0.39 is 15.7 Å². The summed E-state index contributed by atoms with van der Waals surface area (Å²) in [6.45, 7) is 6.62. The molecule has 21 heavy (non-hydrogen) atoms. The molecule has 0 spiro atoms. The summed E-state index contributed by atoms with van der Waals surface area (Å²) in [6.07, 6.45) is 3.56. The Morgan fingerprint density at radius 2 is 2.10 bits per heavy atom. The van der Waals surface area contributed by atoms with Crippen LogP contribution < -0.4 is 0 Å². The number of morpholine rings is 1. The molecule has 0 aliphatic carbocycles. The minimum Gasteiger partial charge on any atom is -0.444 e. The summed E-state index contributed by atoms with van der Waals surface area (Å²) in [4.78, 5) is 13.5. The third-order valence-corrected chi connectivity index (χ3v) is 3.04. The van der Waals surface area contributed by atoms with Gasteiger partial charge in [-0.05, 0) is 20.8 Å². The number of rotatable bonds is 4. The highest BCUT2D eigenvalue weighted by atomic mass is 32.2. The van der Waals surface area contributed by atoms with Crippen molar-refractivity contribution >= 4 is 16.2 Å². The first-order valence-electron chi connectivity index (χ1n) is 6.67. The maximum absolute atomic E-state index is 11.9. The molecule has 0 bridgehead atoms. The highest BCUT2D eigenvalue weighted by Gasteiger charge is 2.26. The van der Waals surface area contributed by atoms with E-state index in [1.54, 1.807) is 17.1 Å². The standard InChI is InChI=1S/C13H23NO6S/c1-13(2,3)20-12(15)14-7-9-18-11(10-14)6-5-8-19-21(4,16)17/h5-6,11H,7-10H2,1-4H3/b6-5+/t11-/m0/s1. The van der Waals surface area contributed by atoms with Crippen molar-refractivity contribution < 1.29 is 26.9 Å². The van der Waals surface area contributed by atoms with Crippen LogP contribution in [0.3, 0.4) is 0 Å². The summed E-state index contributed by atoms with van der Waals surface area (Å²) >= 11 is 0. The average Bonchev–Trinajstić information content (AvgIpc) is 2.32. The van der Waals surface area contributed by atoms with E-state index in [-0.39, 0.29) is 18.8 Å². The Bertz CT molecular complexity index is 479. The molecule has 1 fully saturated rings. The van der Waals surface area contributed by atoms with E-state index in [0.717, 1.165) is 6.26 Å². The second-order valence-electron chi connectivity index (χ2n) is 5.75. The van der Waals surface area contributed by atoms with E-state index in [4.69, 9.17) is 9.47 Å². The van der Waals surface area contributed by atoms with E-state index in [2.05, 4.69) is 4.18 Å². The van der Waals surface area contributed by atoms with Gasteiger partial charge in [0.05, 0.1) is 32.1 Å². The van der Waals surface area contributed by atoms with Crippen molar-refractivity contribution in [1.82, 2.24) is 4.90 Å². The Morgan fingerprint density at radius 1 is 1.43 bits per heavy atom. The molecule has 1 rings (SSSR count). The summed E-state index contributed by atoms with van der Waals surface area (Å²) in [6, 6.07) is 0. The highest BCUT2D eigenvalue weighted by molar-refractivity contribution is 7.85. The fourth-order valence-electron chi connectivity index (χ4n) is 1.65. The van der Waals surface area contributed by atoms with Gasteiger partial charge in [-0.2, -0.15) is 8.42 Å². The number of ether oxygens (including phenoxy) is 2. The number of nitrogens with zero attached hydrogens (tertiary/aromatic N) is 1. The van der Waals surface area contributed by atoms with Gasteiger partial charge in [0.1, 0.15) is 5.60 Å². The summed E-state index contributed by atoms with van der Waals surface area (Å²) in [7, 11) is -3.45. The first-order valence-corrected chi connectivity index (χ1v) is 8.49. The van der Waals surface area contributed by atoms with Crippen molar-refractivity contribution in [1.29, 1.82) is 0 Å². The fourth-order valence-corrected chi connectivity index (χ4v) is 1.98. The van der Waals surface area contributed by atoms with Crippen LogP contribution in [0.2, 0.25) is 0 Å². The van der Waals surface area contributed by atoms with Crippen LogP contribution in [-0.2, 0) is 23.8 Å². The van der Waals surface area contributed by atoms with Gasteiger partial charge < -0.3 is 14.4 Å². The molecule has 1 aliphatic rings. The van der Waals surface area contributed by atoms with Gasteiger partial charge in [-0.15, -0.1) is 0 Å². The number of carbonyl (C=O) groups is 1. The molecule has 0 aromatic carbocycles. The van der Waals surface area contributed by atoms with Gasteiger partial charge in [0, 0.05) is 6.54 Å². The molecule has 1 amide bonds. The first-order chi connectivity index (χ1) is 9.57. The highest BCUT2D eigenvalue weighted by Crippen LogP contribution is 2.13. The molecule has 1 saturated heterocycles. The summed E-state index contributed by atoms with van der Waals surface area (Å²) in [5.41, 5.74) is -0.538. The predicted octanol–water partition coefficient (Wildman–Crippen LogP) is 1.15. The number of hydrogen-bond acceptors (Lipinski definition) is 6. The lowest BCUT2D eigenvalue weighted by atomic mass is 10.2. The van der Waals surface area contributed by atoms with Gasteiger partial charge in [-0.3, -0.25) is 4.18 Å². The molecule has 0 saturated carbocycles. The van der Waals surface area contributed by atoms with Crippen LogP contribution >= 0.6 is 0 Å². The topological polar surface area (TPSA) is 82.1 Å². The SMILES string of the molecule is CC(C)(C)OC(=O)N1CCO[C@@H](/C=C/COS(C)(=O)=O)C1. The summed E-state index contributed by atoms with van der Waals surface area (Å²) in [5, 5.41) is 0. The maximum atomic E-state index is 11.9. The molecule has 0 aromatic heterocycles. The van der Waals surface area contributed by atoms with Gasteiger partial charge >= 0.3 is 6.09 Å². The van der Waals surface area contributed by atoms with Crippen molar-refractivity contribution in [3.63, 3.8) is 0 Å². The molecule has 1 aliphatic heterocycles. The minimum atomic E-state index is -3.45. The van der Waals surface area contributed by atoms with Crippen molar-refractivity contribution in [2.24, 2.45) is 0 Å². The Hall–Kier alpha value is -1.12. The van der Waals surface area contributed by atoms with Crippen molar-refractivity contribution in [3.05, 3.63) is 12.2 Å². The summed E-state index contributed by atoms with van der Waals surface area (Å²) in [5.74, 6) is 0. The number of carbonyl (C=O) groups excluding carboxylic acids is 1. The largest absolute Gasteiger partial charge is 0.444 e. The normalized spacial score (nSPS) is 20.8. The van der Waals surface area contributed by atoms with E-state index in [0.29, 0.717) is 19.7 Å². The molecule has 0 N–H and O–H groups in total. The molecule has 1 atom stereocenters. The Balaban J connectivity index is 2.45. The maximum Gasteiger partial charge on any atom is 0.410 e. The Kier molecular flexibility index (Phi) is 6.18. The lowest BCUT2D eigenvalue weighted by Crippen LogP contribution is -2.46. The Labute approximate surface area is 126 Å². The Morgan fingerprint density at radius 3 is 2.67 bits per heavy atom. The molecule has 0 aromatic rings. The second-order valence-corrected chi connectivity index (χ2v) is 7.40. The molecule has 1 heterocycles. The van der Waals surface area contributed by atoms with Gasteiger partial charge in [0.15, 0.2) is 0 Å². The van der Waals surface area contributed by atoms with Crippen LogP contribution in [0.4, 0.5) is 4.79 Å². The van der Waals surface area contributed by atoms with Crippen LogP contribution in [0, 0.1) is 0 Å².